The zero-order valence-corrected chi connectivity index (χ0v) is 11.0. The van der Waals surface area contributed by atoms with E-state index in [0.29, 0.717) is 5.69 Å². The van der Waals surface area contributed by atoms with E-state index in [4.69, 9.17) is 17.3 Å². The molecule has 0 bridgehead atoms. The summed E-state index contributed by atoms with van der Waals surface area (Å²) in [5.74, 6) is -0.830. The normalized spacial score (nSPS) is 10.8. The highest BCUT2D eigenvalue weighted by molar-refractivity contribution is 6.33. The summed E-state index contributed by atoms with van der Waals surface area (Å²) in [6.07, 6.45) is 1.68. The van der Waals surface area contributed by atoms with E-state index in [1.165, 1.54) is 10.5 Å². The number of fused-ring (bicyclic) bond motifs is 1. The van der Waals surface area contributed by atoms with Crippen LogP contribution >= 0.6 is 11.6 Å². The molecule has 3 N–H and O–H groups in total. The van der Waals surface area contributed by atoms with Gasteiger partial charge in [0, 0.05) is 11.8 Å². The second kappa shape index (κ2) is 4.54. The number of anilines is 1. The van der Waals surface area contributed by atoms with Crippen molar-refractivity contribution in [3.63, 3.8) is 0 Å². The molecule has 0 fully saturated rings. The average Bonchev–Trinajstić information content (AvgIpc) is 2.89. The summed E-state index contributed by atoms with van der Waals surface area (Å²) >= 11 is 5.96. The van der Waals surface area contributed by atoms with E-state index in [1.807, 2.05) is 30.3 Å². The molecule has 20 heavy (non-hydrogen) atoms. The Morgan fingerprint density at radius 3 is 2.65 bits per heavy atom. The van der Waals surface area contributed by atoms with Crippen molar-refractivity contribution in [2.45, 2.75) is 0 Å². The number of nitrogen functional groups attached to an aromatic ring is 1. The van der Waals surface area contributed by atoms with Crippen LogP contribution in [-0.2, 0) is 0 Å². The van der Waals surface area contributed by atoms with Gasteiger partial charge in [-0.25, -0.2) is 9.78 Å². The standard InChI is InChI=1S/C14H10ClN3O2/c15-10-6-9(14(19)20)13-17-11(7-18(13)12(10)16)8-4-2-1-3-5-8/h1-7H,16H2,(H,19,20). The number of carboxylic acid groups (broad SMARTS) is 1. The van der Waals surface area contributed by atoms with Crippen LogP contribution in [0.2, 0.25) is 5.02 Å². The molecule has 0 aliphatic carbocycles. The van der Waals surface area contributed by atoms with Crippen LogP contribution in [0.1, 0.15) is 10.4 Å². The minimum atomic E-state index is -1.10. The van der Waals surface area contributed by atoms with Crippen molar-refractivity contribution >= 4 is 29.0 Å². The molecule has 0 unspecified atom stereocenters. The quantitative estimate of drug-likeness (QED) is 0.759. The molecule has 0 radical (unpaired) electrons. The predicted octanol–water partition coefficient (Wildman–Crippen LogP) is 2.94. The van der Waals surface area contributed by atoms with E-state index < -0.39 is 5.97 Å². The minimum absolute atomic E-state index is 0.0198. The third-order valence-electron chi connectivity index (χ3n) is 3.02. The molecule has 5 nitrogen and oxygen atoms in total. The summed E-state index contributed by atoms with van der Waals surface area (Å²) in [4.78, 5) is 15.6. The van der Waals surface area contributed by atoms with E-state index in [9.17, 15) is 9.90 Å². The molecule has 0 aliphatic heterocycles. The first-order chi connectivity index (χ1) is 9.58. The molecule has 1 aromatic carbocycles. The summed E-state index contributed by atoms with van der Waals surface area (Å²) < 4.78 is 1.49. The number of nitrogens with two attached hydrogens (primary N) is 1. The van der Waals surface area contributed by atoms with Gasteiger partial charge in [0.1, 0.15) is 11.4 Å². The summed E-state index contributed by atoms with van der Waals surface area (Å²) in [5, 5.41) is 9.41. The third-order valence-corrected chi connectivity index (χ3v) is 3.32. The fraction of sp³-hybridized carbons (Fsp3) is 0. The molecule has 2 heterocycles. The third kappa shape index (κ3) is 1.88. The molecule has 100 valence electrons. The Kier molecular flexibility index (Phi) is 2.84. The number of carbonyl (C=O) groups is 1. The van der Waals surface area contributed by atoms with Gasteiger partial charge < -0.3 is 10.8 Å². The first-order valence-corrected chi connectivity index (χ1v) is 6.21. The number of halogens is 1. The minimum Gasteiger partial charge on any atom is -0.478 e. The van der Waals surface area contributed by atoms with Crippen molar-refractivity contribution in [2.24, 2.45) is 0 Å². The van der Waals surface area contributed by atoms with Crippen LogP contribution in [0, 0.1) is 0 Å². The molecule has 0 atom stereocenters. The molecule has 3 rings (SSSR count). The van der Waals surface area contributed by atoms with Crippen molar-refractivity contribution in [2.75, 3.05) is 5.73 Å². The van der Waals surface area contributed by atoms with Gasteiger partial charge in [-0.1, -0.05) is 41.9 Å². The lowest BCUT2D eigenvalue weighted by atomic mass is 10.2. The smallest absolute Gasteiger partial charge is 0.339 e. The molecule has 2 aromatic heterocycles. The predicted molar refractivity (Wildman–Crippen MR) is 77.0 cm³/mol. The van der Waals surface area contributed by atoms with E-state index in [-0.39, 0.29) is 22.1 Å². The van der Waals surface area contributed by atoms with Gasteiger partial charge in [-0.15, -0.1) is 0 Å². The van der Waals surface area contributed by atoms with Gasteiger partial charge >= 0.3 is 5.97 Å². The van der Waals surface area contributed by atoms with Crippen LogP contribution in [0.15, 0.2) is 42.6 Å². The van der Waals surface area contributed by atoms with E-state index in [1.54, 1.807) is 6.20 Å². The van der Waals surface area contributed by atoms with Crippen molar-refractivity contribution in [3.8, 4) is 11.3 Å². The van der Waals surface area contributed by atoms with Crippen LogP contribution in [0.4, 0.5) is 5.82 Å². The SMILES string of the molecule is Nc1c(Cl)cc(C(=O)O)c2nc(-c3ccccc3)cn12. The largest absolute Gasteiger partial charge is 0.478 e. The number of hydrogen-bond donors (Lipinski definition) is 2. The molecular weight excluding hydrogens is 278 g/mol. The highest BCUT2D eigenvalue weighted by Gasteiger charge is 2.17. The van der Waals surface area contributed by atoms with Gasteiger partial charge in [0.25, 0.3) is 0 Å². The highest BCUT2D eigenvalue weighted by Crippen LogP contribution is 2.27. The summed E-state index contributed by atoms with van der Waals surface area (Å²) in [6, 6.07) is 10.8. The number of benzene rings is 1. The Morgan fingerprint density at radius 1 is 1.30 bits per heavy atom. The molecule has 0 saturated carbocycles. The van der Waals surface area contributed by atoms with Gasteiger partial charge in [0.2, 0.25) is 0 Å². The van der Waals surface area contributed by atoms with Crippen molar-refractivity contribution in [1.29, 1.82) is 0 Å². The van der Waals surface area contributed by atoms with Crippen molar-refractivity contribution in [1.82, 2.24) is 9.38 Å². The number of hydrogen-bond acceptors (Lipinski definition) is 3. The average molecular weight is 288 g/mol. The van der Waals surface area contributed by atoms with Gasteiger partial charge in [-0.05, 0) is 6.07 Å². The molecule has 0 aliphatic rings. The Hall–Kier alpha value is -2.53. The fourth-order valence-electron chi connectivity index (χ4n) is 2.04. The summed E-state index contributed by atoms with van der Waals surface area (Å²) in [7, 11) is 0. The first kappa shape index (κ1) is 12.5. The van der Waals surface area contributed by atoms with Gasteiger partial charge in [0.05, 0.1) is 10.7 Å². The second-order valence-electron chi connectivity index (χ2n) is 4.28. The van der Waals surface area contributed by atoms with Crippen LogP contribution in [0.25, 0.3) is 16.9 Å². The maximum Gasteiger partial charge on any atom is 0.339 e. The Bertz CT molecular complexity index is 812. The van der Waals surface area contributed by atoms with Crippen LogP contribution in [0.5, 0.6) is 0 Å². The second-order valence-corrected chi connectivity index (χ2v) is 4.69. The van der Waals surface area contributed by atoms with E-state index >= 15 is 0 Å². The monoisotopic (exact) mass is 287 g/mol. The van der Waals surface area contributed by atoms with Gasteiger partial charge in [0.15, 0.2) is 5.65 Å². The molecule has 3 aromatic rings. The molecular formula is C14H10ClN3O2. The van der Waals surface area contributed by atoms with Crippen LogP contribution < -0.4 is 5.73 Å². The maximum atomic E-state index is 11.3. The van der Waals surface area contributed by atoms with Crippen LogP contribution in [0.3, 0.4) is 0 Å². The van der Waals surface area contributed by atoms with E-state index in [2.05, 4.69) is 4.98 Å². The topological polar surface area (TPSA) is 80.6 Å². The number of imidazole rings is 1. The number of rotatable bonds is 2. The first-order valence-electron chi connectivity index (χ1n) is 5.83. The van der Waals surface area contributed by atoms with E-state index in [0.717, 1.165) is 5.56 Å². The van der Waals surface area contributed by atoms with Crippen LogP contribution in [-0.4, -0.2) is 20.5 Å². The van der Waals surface area contributed by atoms with Gasteiger partial charge in [-0.2, -0.15) is 0 Å². The lowest BCUT2D eigenvalue weighted by molar-refractivity contribution is 0.0698. The lowest BCUT2D eigenvalue weighted by Crippen LogP contribution is -2.04. The fourth-order valence-corrected chi connectivity index (χ4v) is 2.24. The summed E-state index contributed by atoms with van der Waals surface area (Å²) in [6.45, 7) is 0. The number of pyridine rings is 1. The number of aromatic carboxylic acids is 1. The Balaban J connectivity index is 2.33. The van der Waals surface area contributed by atoms with Crippen molar-refractivity contribution in [3.05, 3.63) is 53.2 Å². The number of aromatic nitrogens is 2. The maximum absolute atomic E-state index is 11.3. The highest BCUT2D eigenvalue weighted by atomic mass is 35.5. The molecule has 0 spiro atoms. The Morgan fingerprint density at radius 2 is 2.00 bits per heavy atom. The van der Waals surface area contributed by atoms with Gasteiger partial charge in [-0.3, -0.25) is 4.40 Å². The Labute approximate surface area is 119 Å². The van der Waals surface area contributed by atoms with Crippen molar-refractivity contribution < 1.29 is 9.90 Å². The molecule has 0 saturated heterocycles. The lowest BCUT2D eigenvalue weighted by Gasteiger charge is -2.04. The zero-order chi connectivity index (χ0) is 14.3. The zero-order valence-electron chi connectivity index (χ0n) is 10.2. The molecule has 6 heteroatoms. The molecule has 0 amide bonds. The number of carboxylic acids is 1. The summed E-state index contributed by atoms with van der Waals surface area (Å²) in [5.41, 5.74) is 7.69. The number of nitrogens with zero attached hydrogens (tertiary/aromatic N) is 2.